The smallest absolute Gasteiger partial charge is 1.00 e. The minimum atomic E-state index is 0. The number of halogens is 1. The van der Waals surface area contributed by atoms with Gasteiger partial charge in [0.05, 0.1) is 5.39 Å². The molecule has 1 N–H and O–H groups in total. The summed E-state index contributed by atoms with van der Waals surface area (Å²) in [5.41, 5.74) is 0.778. The monoisotopic (exact) mass is 177 g/mol. The van der Waals surface area contributed by atoms with Gasteiger partial charge in [-0.15, -0.1) is 0 Å². The fourth-order valence-electron chi connectivity index (χ4n) is 0.841. The van der Waals surface area contributed by atoms with Crippen molar-refractivity contribution in [2.75, 3.05) is 0 Å². The first kappa shape index (κ1) is 9.00. The predicted molar refractivity (Wildman–Crippen MR) is 40.0 cm³/mol. The number of aromatic nitrogens is 3. The SMILES string of the molecule is Clc1ncnc2[nH]ccc12.[H-].[Na+]. The van der Waals surface area contributed by atoms with Crippen LogP contribution in [-0.4, -0.2) is 15.0 Å². The average molecular weight is 178 g/mol. The Bertz CT molecular complexity index is 364. The van der Waals surface area contributed by atoms with Gasteiger partial charge in [-0.25, -0.2) is 9.97 Å². The van der Waals surface area contributed by atoms with Gasteiger partial charge in [-0.3, -0.25) is 0 Å². The minimum Gasteiger partial charge on any atom is -1.00 e. The van der Waals surface area contributed by atoms with Crippen LogP contribution in [-0.2, 0) is 0 Å². The topological polar surface area (TPSA) is 41.6 Å². The van der Waals surface area contributed by atoms with Crippen molar-refractivity contribution in [2.24, 2.45) is 0 Å². The first-order chi connectivity index (χ1) is 4.88. The van der Waals surface area contributed by atoms with E-state index in [0.29, 0.717) is 5.15 Å². The van der Waals surface area contributed by atoms with E-state index in [1.165, 1.54) is 6.33 Å². The quantitative estimate of drug-likeness (QED) is 0.403. The second kappa shape index (κ2) is 3.54. The third-order valence-corrected chi connectivity index (χ3v) is 1.61. The summed E-state index contributed by atoms with van der Waals surface area (Å²) in [6.07, 6.45) is 3.21. The molecule has 11 heavy (non-hydrogen) atoms. The summed E-state index contributed by atoms with van der Waals surface area (Å²) in [4.78, 5) is 10.7. The Morgan fingerprint density at radius 3 is 3.00 bits per heavy atom. The van der Waals surface area contributed by atoms with E-state index < -0.39 is 0 Å². The molecule has 2 heterocycles. The Labute approximate surface area is 92.0 Å². The molecule has 52 valence electrons. The molecule has 0 saturated carbocycles. The van der Waals surface area contributed by atoms with Gasteiger partial charge >= 0.3 is 29.6 Å². The first-order valence-corrected chi connectivity index (χ1v) is 3.19. The molecule has 0 atom stereocenters. The molecule has 0 bridgehead atoms. The molecule has 3 nitrogen and oxygen atoms in total. The van der Waals surface area contributed by atoms with Crippen LogP contribution in [0.5, 0.6) is 0 Å². The largest absolute Gasteiger partial charge is 1.00 e. The van der Waals surface area contributed by atoms with Gasteiger partial charge in [0.25, 0.3) is 0 Å². The molecule has 0 radical (unpaired) electrons. The molecule has 0 aliphatic carbocycles. The maximum atomic E-state index is 5.73. The van der Waals surface area contributed by atoms with Crippen molar-refractivity contribution in [3.05, 3.63) is 23.7 Å². The molecule has 2 aromatic rings. The fourth-order valence-corrected chi connectivity index (χ4v) is 1.04. The molecule has 0 unspecified atom stereocenters. The minimum absolute atomic E-state index is 0. The van der Waals surface area contributed by atoms with Crippen LogP contribution in [0.1, 0.15) is 1.43 Å². The number of aromatic amines is 1. The summed E-state index contributed by atoms with van der Waals surface area (Å²) in [7, 11) is 0. The predicted octanol–water partition coefficient (Wildman–Crippen LogP) is -1.27. The third kappa shape index (κ3) is 1.56. The van der Waals surface area contributed by atoms with Gasteiger partial charge in [-0.2, -0.15) is 0 Å². The van der Waals surface area contributed by atoms with E-state index in [0.717, 1.165) is 11.0 Å². The summed E-state index contributed by atoms with van der Waals surface area (Å²) < 4.78 is 0. The summed E-state index contributed by atoms with van der Waals surface area (Å²) >= 11 is 5.73. The van der Waals surface area contributed by atoms with Crippen LogP contribution >= 0.6 is 11.6 Å². The molecule has 0 spiro atoms. The standard InChI is InChI=1S/C6H4ClN3.Na.H/c7-5-4-1-2-8-6(4)10-3-9-5;;/h1-3H,(H,8,9,10);;/q;+1;-1. The summed E-state index contributed by atoms with van der Waals surface area (Å²) in [5, 5.41) is 1.36. The van der Waals surface area contributed by atoms with Crippen molar-refractivity contribution in [3.63, 3.8) is 0 Å². The molecule has 5 heteroatoms. The van der Waals surface area contributed by atoms with Crippen molar-refractivity contribution in [3.8, 4) is 0 Å². The van der Waals surface area contributed by atoms with Crippen LogP contribution in [0, 0.1) is 0 Å². The maximum absolute atomic E-state index is 5.73. The Morgan fingerprint density at radius 1 is 1.45 bits per heavy atom. The Balaban J connectivity index is 0.000000605. The number of nitrogens with one attached hydrogen (secondary N) is 1. The molecule has 0 saturated heterocycles. The van der Waals surface area contributed by atoms with Crippen LogP contribution in [0.3, 0.4) is 0 Å². The van der Waals surface area contributed by atoms with Crippen LogP contribution in [0.25, 0.3) is 11.0 Å². The van der Waals surface area contributed by atoms with Gasteiger partial charge in [0, 0.05) is 6.20 Å². The fraction of sp³-hybridized carbons (Fsp3) is 0. The molecular formula is C6H5ClN3Na. The van der Waals surface area contributed by atoms with Crippen LogP contribution < -0.4 is 29.6 Å². The van der Waals surface area contributed by atoms with Crippen molar-refractivity contribution in [2.45, 2.75) is 0 Å². The zero-order valence-electron chi connectivity index (χ0n) is 7.00. The Hall–Kier alpha value is -0.0900. The second-order valence-electron chi connectivity index (χ2n) is 1.90. The van der Waals surface area contributed by atoms with Gasteiger partial charge in [0.2, 0.25) is 0 Å². The molecule has 0 aromatic carbocycles. The molecule has 2 rings (SSSR count). The van der Waals surface area contributed by atoms with Gasteiger partial charge < -0.3 is 6.41 Å². The van der Waals surface area contributed by atoms with Gasteiger partial charge in [0.1, 0.15) is 17.1 Å². The maximum Gasteiger partial charge on any atom is 1.00 e. The summed E-state index contributed by atoms with van der Waals surface area (Å²) in [5.74, 6) is 0. The number of hydrogen-bond donors (Lipinski definition) is 1. The zero-order valence-corrected chi connectivity index (χ0v) is 8.76. The van der Waals surface area contributed by atoms with E-state index in [1.54, 1.807) is 6.20 Å². The molecule has 2 aromatic heterocycles. The number of fused-ring (bicyclic) bond motifs is 1. The molecule has 0 aliphatic heterocycles. The normalized spacial score (nSPS) is 9.55. The van der Waals surface area contributed by atoms with Crippen molar-refractivity contribution in [1.82, 2.24) is 15.0 Å². The zero-order chi connectivity index (χ0) is 6.97. The van der Waals surface area contributed by atoms with Crippen molar-refractivity contribution in [1.29, 1.82) is 0 Å². The average Bonchev–Trinajstić information content (AvgIpc) is 2.36. The van der Waals surface area contributed by atoms with E-state index in [1.807, 2.05) is 6.07 Å². The number of hydrogen-bond acceptors (Lipinski definition) is 2. The number of H-pyrrole nitrogens is 1. The molecular weight excluding hydrogens is 173 g/mol. The van der Waals surface area contributed by atoms with Crippen molar-refractivity contribution < 1.29 is 31.0 Å². The van der Waals surface area contributed by atoms with E-state index >= 15 is 0 Å². The van der Waals surface area contributed by atoms with Gasteiger partial charge in [-0.1, -0.05) is 11.6 Å². The second-order valence-corrected chi connectivity index (χ2v) is 2.26. The number of nitrogens with zero attached hydrogens (tertiary/aromatic N) is 2. The van der Waals surface area contributed by atoms with E-state index in [2.05, 4.69) is 15.0 Å². The summed E-state index contributed by atoms with van der Waals surface area (Å²) in [6.45, 7) is 0. The van der Waals surface area contributed by atoms with Crippen molar-refractivity contribution >= 4 is 22.6 Å². The molecule has 0 aliphatic rings. The Kier molecular flexibility index (Phi) is 2.90. The van der Waals surface area contributed by atoms with Gasteiger partial charge in [-0.05, 0) is 6.07 Å². The van der Waals surface area contributed by atoms with Crippen LogP contribution in [0.4, 0.5) is 0 Å². The summed E-state index contributed by atoms with van der Waals surface area (Å²) in [6, 6.07) is 1.84. The first-order valence-electron chi connectivity index (χ1n) is 2.81. The molecule has 0 fully saturated rings. The van der Waals surface area contributed by atoms with Gasteiger partial charge in [0.15, 0.2) is 0 Å². The van der Waals surface area contributed by atoms with Crippen LogP contribution in [0.15, 0.2) is 18.6 Å². The van der Waals surface area contributed by atoms with Crippen LogP contribution in [0.2, 0.25) is 5.15 Å². The third-order valence-electron chi connectivity index (χ3n) is 1.31. The van der Waals surface area contributed by atoms with E-state index in [9.17, 15) is 0 Å². The number of rotatable bonds is 0. The Morgan fingerprint density at radius 2 is 2.27 bits per heavy atom. The van der Waals surface area contributed by atoms with E-state index in [4.69, 9.17) is 11.6 Å². The molecule has 0 amide bonds. The van der Waals surface area contributed by atoms with E-state index in [-0.39, 0.29) is 31.0 Å².